The molecule has 0 aliphatic carbocycles. The molecular formula is C52H47ClF6N6O7S2. The Morgan fingerprint density at radius 3 is 1.57 bits per heavy atom. The number of amides is 3. The molecule has 1 fully saturated rings. The van der Waals surface area contributed by atoms with Crippen molar-refractivity contribution in [3.05, 3.63) is 162 Å². The summed E-state index contributed by atoms with van der Waals surface area (Å²) in [7, 11) is -8.52. The summed E-state index contributed by atoms with van der Waals surface area (Å²) in [5.74, 6) is -4.95. The predicted molar refractivity (Wildman–Crippen MR) is 273 cm³/mol. The first-order valence-corrected chi connectivity index (χ1v) is 26.2. The minimum Gasteiger partial charge on any atom is -0.369 e. The summed E-state index contributed by atoms with van der Waals surface area (Å²) in [6.07, 6.45) is -10.2. The fourth-order valence-electron chi connectivity index (χ4n) is 8.67. The van der Waals surface area contributed by atoms with Crippen LogP contribution in [0.3, 0.4) is 0 Å². The Morgan fingerprint density at radius 2 is 1.07 bits per heavy atom. The van der Waals surface area contributed by atoms with Crippen LogP contribution in [0.25, 0.3) is 32.7 Å². The van der Waals surface area contributed by atoms with Gasteiger partial charge in [0, 0.05) is 83.6 Å². The molecule has 7 aromatic carbocycles. The lowest BCUT2D eigenvalue weighted by molar-refractivity contribution is -0.170. The van der Waals surface area contributed by atoms with Crippen LogP contribution in [0.2, 0.25) is 5.02 Å². The summed E-state index contributed by atoms with van der Waals surface area (Å²) in [5, 5.41) is 6.34. The highest BCUT2D eigenvalue weighted by Gasteiger charge is 2.44. The Morgan fingerprint density at radius 1 is 0.595 bits per heavy atom. The first-order chi connectivity index (χ1) is 34.9. The van der Waals surface area contributed by atoms with Gasteiger partial charge >= 0.3 is 24.2 Å². The topological polar surface area (TPSA) is 170 Å². The molecule has 0 aromatic heterocycles. The number of nitrogens with one attached hydrogen (secondary N) is 1. The van der Waals surface area contributed by atoms with Crippen molar-refractivity contribution >= 4 is 88.0 Å². The Kier molecular flexibility index (Phi) is 16.4. The number of nitrogens with zero attached hydrogens (tertiary/aromatic N) is 4. The van der Waals surface area contributed by atoms with Crippen molar-refractivity contribution in [1.82, 2.24) is 9.62 Å². The average molecular weight is 1080 g/mol. The zero-order chi connectivity index (χ0) is 53.8. The lowest BCUT2D eigenvalue weighted by atomic mass is 9.99. The molecular weight excluding hydrogens is 1030 g/mol. The second kappa shape index (κ2) is 22.2. The van der Waals surface area contributed by atoms with Crippen molar-refractivity contribution in [2.24, 2.45) is 5.14 Å². The van der Waals surface area contributed by atoms with Gasteiger partial charge in [-0.25, -0.2) is 26.7 Å². The van der Waals surface area contributed by atoms with Crippen molar-refractivity contribution in [2.75, 3.05) is 54.0 Å². The van der Waals surface area contributed by atoms with E-state index in [1.54, 1.807) is 24.3 Å². The van der Waals surface area contributed by atoms with Crippen LogP contribution in [0.4, 0.5) is 43.4 Å². The molecule has 1 aliphatic rings. The summed E-state index contributed by atoms with van der Waals surface area (Å²) in [6.45, 7) is 6.22. The number of carbonyl (C=O) groups is 3. The van der Waals surface area contributed by atoms with Crippen LogP contribution in [0.15, 0.2) is 155 Å². The van der Waals surface area contributed by atoms with Crippen LogP contribution in [0.5, 0.6) is 0 Å². The quantitative estimate of drug-likeness (QED) is 0.113. The van der Waals surface area contributed by atoms with Crippen molar-refractivity contribution in [3.8, 4) is 11.1 Å². The van der Waals surface area contributed by atoms with Gasteiger partial charge in [0.25, 0.3) is 15.9 Å². The molecule has 0 unspecified atom stereocenters. The van der Waals surface area contributed by atoms with E-state index in [-0.39, 0.29) is 61.4 Å². The molecule has 22 heteroatoms. The number of hydrogen-bond acceptors (Lipinski definition) is 9. The van der Waals surface area contributed by atoms with Crippen molar-refractivity contribution in [2.45, 2.75) is 42.5 Å². The maximum Gasteiger partial charge on any atom is 0.471 e. The number of rotatable bonds is 12. The summed E-state index contributed by atoms with van der Waals surface area (Å²) in [6, 6.07) is 39.1. The number of piperazine rings is 1. The SMILES string of the molecule is CCN(C(=O)C(F)(F)F)c1cccc2c(S(=O)(=O)NC(=O)c3ccc(N4CCN(Cc5ccccc5-c5ccc(Cl)cc5)CC4)cc3)cccc12.CCN(C(=O)C(F)(F)F)c1cccc2c(S(N)(=O)=O)cccc12. The number of primary sulfonamides is 1. The molecule has 388 valence electrons. The first kappa shape index (κ1) is 54.7. The van der Waals surface area contributed by atoms with Gasteiger partial charge in [-0.1, -0.05) is 96.5 Å². The fourth-order valence-corrected chi connectivity index (χ4v) is 10.7. The van der Waals surface area contributed by atoms with E-state index in [4.69, 9.17) is 16.7 Å². The molecule has 13 nitrogen and oxygen atoms in total. The largest absolute Gasteiger partial charge is 0.471 e. The van der Waals surface area contributed by atoms with Gasteiger partial charge in [-0.05, 0) is 91.2 Å². The maximum atomic E-state index is 13.5. The summed E-state index contributed by atoms with van der Waals surface area (Å²) < 4.78 is 130. The molecule has 3 N–H and O–H groups in total. The highest BCUT2D eigenvalue weighted by atomic mass is 35.5. The third-order valence-corrected chi connectivity index (χ3v) is 14.8. The predicted octanol–water partition coefficient (Wildman–Crippen LogP) is 9.92. The number of carbonyl (C=O) groups excluding carboxylic acids is 3. The van der Waals surface area contributed by atoms with Gasteiger partial charge in [-0.15, -0.1) is 0 Å². The van der Waals surface area contributed by atoms with E-state index in [0.717, 1.165) is 44.0 Å². The first-order valence-electron chi connectivity index (χ1n) is 22.7. The molecule has 74 heavy (non-hydrogen) atoms. The Balaban J connectivity index is 0.000000291. The molecule has 0 spiro atoms. The van der Waals surface area contributed by atoms with E-state index in [2.05, 4.69) is 26.7 Å². The Labute approximate surface area is 427 Å². The number of alkyl halides is 6. The minimum atomic E-state index is -5.12. The van der Waals surface area contributed by atoms with Gasteiger partial charge < -0.3 is 14.7 Å². The number of nitrogens with two attached hydrogens (primary N) is 1. The van der Waals surface area contributed by atoms with Gasteiger partial charge in [-0.3, -0.25) is 19.3 Å². The van der Waals surface area contributed by atoms with Crippen LogP contribution in [-0.2, 0) is 36.2 Å². The monoisotopic (exact) mass is 1080 g/mol. The van der Waals surface area contributed by atoms with Gasteiger partial charge in [0.05, 0.1) is 21.2 Å². The van der Waals surface area contributed by atoms with Crippen LogP contribution >= 0.6 is 11.6 Å². The molecule has 0 bridgehead atoms. The molecule has 3 amide bonds. The van der Waals surface area contributed by atoms with Crippen LogP contribution in [-0.4, -0.2) is 91.1 Å². The second-order valence-electron chi connectivity index (χ2n) is 16.8. The van der Waals surface area contributed by atoms with Gasteiger partial charge in [0.15, 0.2) is 0 Å². The smallest absolute Gasteiger partial charge is 0.369 e. The maximum absolute atomic E-state index is 13.5. The normalized spacial score (nSPS) is 13.5. The third kappa shape index (κ3) is 12.3. The highest BCUT2D eigenvalue weighted by Crippen LogP contribution is 2.35. The number of hydrogen-bond donors (Lipinski definition) is 2. The van der Waals surface area contributed by atoms with Crippen LogP contribution in [0, 0.1) is 0 Å². The molecule has 8 rings (SSSR count). The standard InChI is InChI=1S/C38H34ClF3N4O4S.C14H13F3N2O3S/c1-2-46(37(48)38(40,41)42)34-11-5-10-33-32(34)9-6-12-35(33)51(49,50)43-36(47)27-15-19-30(20-16-27)45-23-21-44(22-24-45)25-28-7-3-4-8-31(28)26-13-17-29(39)18-14-26;1-2-19(13(20)14(15,16)17)11-7-3-6-10-9(11)5-4-8-12(10)23(18,21)22/h3-20H,2,21-25H2,1H3,(H,43,47);3-8H,2H2,1H3,(H2,18,21,22). The number of fused-ring (bicyclic) bond motifs is 2. The number of sulfonamides is 2. The molecule has 1 heterocycles. The number of anilines is 3. The fraction of sp³-hybridized carbons (Fsp3) is 0.212. The van der Waals surface area contributed by atoms with Crippen LogP contribution in [0.1, 0.15) is 29.8 Å². The number of benzene rings is 7. The van der Waals surface area contributed by atoms with E-state index >= 15 is 0 Å². The zero-order valence-corrected chi connectivity index (χ0v) is 41.9. The Bertz CT molecular complexity index is 3450. The molecule has 1 saturated heterocycles. The van der Waals surface area contributed by atoms with Crippen molar-refractivity contribution in [1.29, 1.82) is 0 Å². The second-order valence-corrected chi connectivity index (χ2v) is 20.4. The van der Waals surface area contributed by atoms with E-state index < -0.39 is 50.1 Å². The summed E-state index contributed by atoms with van der Waals surface area (Å²) in [5.41, 5.74) is 4.38. The minimum absolute atomic E-state index is 0.0298. The van der Waals surface area contributed by atoms with E-state index in [9.17, 15) is 57.6 Å². The lowest BCUT2D eigenvalue weighted by Crippen LogP contribution is -2.46. The highest BCUT2D eigenvalue weighted by molar-refractivity contribution is 7.90. The third-order valence-electron chi connectivity index (χ3n) is 12.2. The van der Waals surface area contributed by atoms with E-state index in [1.807, 2.05) is 36.4 Å². The summed E-state index contributed by atoms with van der Waals surface area (Å²) >= 11 is 6.09. The molecule has 7 aromatic rings. The molecule has 0 atom stereocenters. The van der Waals surface area contributed by atoms with Gasteiger partial charge in [-0.2, -0.15) is 26.3 Å². The van der Waals surface area contributed by atoms with Gasteiger partial charge in [0.2, 0.25) is 10.0 Å². The van der Waals surface area contributed by atoms with Gasteiger partial charge in [0.1, 0.15) is 0 Å². The molecule has 1 aliphatic heterocycles. The number of halogens is 7. The average Bonchev–Trinajstić information content (AvgIpc) is 3.36. The molecule has 0 radical (unpaired) electrons. The van der Waals surface area contributed by atoms with Crippen molar-refractivity contribution < 1.29 is 57.6 Å². The van der Waals surface area contributed by atoms with E-state index in [1.165, 1.54) is 97.8 Å². The lowest BCUT2D eigenvalue weighted by Gasteiger charge is -2.36. The Hall–Kier alpha value is -7.04. The zero-order valence-electron chi connectivity index (χ0n) is 39.5. The van der Waals surface area contributed by atoms with Crippen LogP contribution < -0.4 is 24.6 Å². The molecule has 0 saturated carbocycles. The summed E-state index contributed by atoms with van der Waals surface area (Å²) in [4.78, 5) is 42.0. The van der Waals surface area contributed by atoms with Crippen molar-refractivity contribution in [3.63, 3.8) is 0 Å². The van der Waals surface area contributed by atoms with E-state index in [0.29, 0.717) is 14.8 Å².